The number of benzene rings is 2. The molecule has 1 saturated heterocycles. The number of methoxy groups -OCH3 is 1. The summed E-state index contributed by atoms with van der Waals surface area (Å²) in [5.41, 5.74) is 2.59. The number of para-hydroxylation sites is 1. The Hall–Kier alpha value is -2.57. The molecule has 0 spiro atoms. The smallest absolute Gasteiger partial charge is 0.257 e. The Balaban J connectivity index is 1.50. The van der Waals surface area contributed by atoms with Crippen molar-refractivity contribution in [2.24, 2.45) is 0 Å². The molecule has 29 heavy (non-hydrogen) atoms. The number of ether oxygens (including phenoxy) is 3. The van der Waals surface area contributed by atoms with Gasteiger partial charge in [-0.3, -0.25) is 4.79 Å². The van der Waals surface area contributed by atoms with Crippen molar-refractivity contribution in [3.63, 3.8) is 0 Å². The summed E-state index contributed by atoms with van der Waals surface area (Å²) >= 11 is 0. The molecule has 0 aliphatic carbocycles. The van der Waals surface area contributed by atoms with Crippen LogP contribution in [0.15, 0.2) is 48.5 Å². The number of hydrogen-bond donors (Lipinski definition) is 1. The van der Waals surface area contributed by atoms with Crippen molar-refractivity contribution in [1.29, 1.82) is 0 Å². The zero-order chi connectivity index (χ0) is 20.1. The van der Waals surface area contributed by atoms with Gasteiger partial charge in [0.05, 0.1) is 11.7 Å². The SMILES string of the molecule is COCCCN1C(=O)c2ccccc2NC1c1ccc(OCC2CCCO2)cc1. The van der Waals surface area contributed by atoms with Crippen molar-refractivity contribution in [1.82, 2.24) is 4.90 Å². The molecule has 2 aliphatic heterocycles. The molecule has 2 unspecified atom stereocenters. The van der Waals surface area contributed by atoms with Crippen molar-refractivity contribution in [2.75, 3.05) is 38.8 Å². The monoisotopic (exact) mass is 396 g/mol. The molecule has 6 heteroatoms. The lowest BCUT2D eigenvalue weighted by molar-refractivity contribution is 0.0657. The highest BCUT2D eigenvalue weighted by atomic mass is 16.5. The Morgan fingerprint density at radius 3 is 2.76 bits per heavy atom. The molecular weight excluding hydrogens is 368 g/mol. The number of anilines is 1. The normalized spacial score (nSPS) is 21.0. The molecule has 2 heterocycles. The highest BCUT2D eigenvalue weighted by Crippen LogP contribution is 2.33. The molecule has 154 valence electrons. The standard InChI is InChI=1S/C23H28N2O4/c1-27-14-5-13-25-22(24-21-8-3-2-7-20(21)23(25)26)17-9-11-18(12-10-17)29-16-19-6-4-15-28-19/h2-3,7-12,19,22,24H,4-6,13-16H2,1H3. The second kappa shape index (κ2) is 9.29. The Labute approximate surface area is 171 Å². The highest BCUT2D eigenvalue weighted by molar-refractivity contribution is 6.01. The van der Waals surface area contributed by atoms with Gasteiger partial charge in [0.2, 0.25) is 0 Å². The molecule has 2 atom stereocenters. The summed E-state index contributed by atoms with van der Waals surface area (Å²) in [7, 11) is 1.68. The zero-order valence-corrected chi connectivity index (χ0v) is 16.8. The summed E-state index contributed by atoms with van der Waals surface area (Å²) in [5.74, 6) is 0.858. The minimum atomic E-state index is -0.221. The predicted octanol–water partition coefficient (Wildman–Crippen LogP) is 3.85. The van der Waals surface area contributed by atoms with Gasteiger partial charge in [-0.1, -0.05) is 24.3 Å². The number of hydrogen-bond acceptors (Lipinski definition) is 5. The van der Waals surface area contributed by atoms with Crippen molar-refractivity contribution in [2.45, 2.75) is 31.5 Å². The van der Waals surface area contributed by atoms with Crippen LogP contribution in [0.4, 0.5) is 5.69 Å². The first-order valence-corrected chi connectivity index (χ1v) is 10.3. The van der Waals surface area contributed by atoms with E-state index < -0.39 is 0 Å². The van der Waals surface area contributed by atoms with Crippen LogP contribution in [0.1, 0.15) is 41.3 Å². The van der Waals surface area contributed by atoms with E-state index in [1.165, 1.54) is 0 Å². The Morgan fingerprint density at radius 1 is 1.17 bits per heavy atom. The van der Waals surface area contributed by atoms with E-state index in [9.17, 15) is 4.79 Å². The van der Waals surface area contributed by atoms with Gasteiger partial charge in [-0.15, -0.1) is 0 Å². The van der Waals surface area contributed by atoms with E-state index in [4.69, 9.17) is 14.2 Å². The number of nitrogens with zero attached hydrogens (tertiary/aromatic N) is 1. The van der Waals surface area contributed by atoms with Gasteiger partial charge in [0.15, 0.2) is 0 Å². The van der Waals surface area contributed by atoms with E-state index in [0.29, 0.717) is 25.3 Å². The molecule has 0 radical (unpaired) electrons. The summed E-state index contributed by atoms with van der Waals surface area (Å²) in [6.07, 6.45) is 2.92. The molecule has 4 rings (SSSR count). The van der Waals surface area contributed by atoms with Crippen LogP contribution in [-0.4, -0.2) is 50.4 Å². The molecule has 1 fully saturated rings. The molecule has 6 nitrogen and oxygen atoms in total. The van der Waals surface area contributed by atoms with Crippen LogP contribution in [0.5, 0.6) is 5.75 Å². The number of rotatable bonds is 8. The van der Waals surface area contributed by atoms with Crippen LogP contribution >= 0.6 is 0 Å². The maximum atomic E-state index is 13.1. The van der Waals surface area contributed by atoms with E-state index in [-0.39, 0.29) is 18.2 Å². The van der Waals surface area contributed by atoms with Gasteiger partial charge in [-0.2, -0.15) is 0 Å². The Kier molecular flexibility index (Phi) is 6.32. The van der Waals surface area contributed by atoms with Crippen LogP contribution < -0.4 is 10.1 Å². The largest absolute Gasteiger partial charge is 0.491 e. The van der Waals surface area contributed by atoms with E-state index in [1.807, 2.05) is 53.4 Å². The molecule has 2 aliphatic rings. The quantitative estimate of drug-likeness (QED) is 0.687. The maximum Gasteiger partial charge on any atom is 0.257 e. The average Bonchev–Trinajstić information content (AvgIpc) is 3.28. The predicted molar refractivity (Wildman–Crippen MR) is 111 cm³/mol. The third kappa shape index (κ3) is 4.54. The fraction of sp³-hybridized carbons (Fsp3) is 0.435. The van der Waals surface area contributed by atoms with E-state index in [0.717, 1.165) is 42.9 Å². The number of carbonyl (C=O) groups is 1. The maximum absolute atomic E-state index is 13.1. The number of nitrogens with one attached hydrogen (secondary N) is 1. The van der Waals surface area contributed by atoms with E-state index in [2.05, 4.69) is 5.32 Å². The van der Waals surface area contributed by atoms with E-state index >= 15 is 0 Å². The Bertz CT molecular complexity index is 818. The molecule has 0 bridgehead atoms. The first kappa shape index (κ1) is 19.7. The number of amides is 1. The molecular formula is C23H28N2O4. The average molecular weight is 396 g/mol. The van der Waals surface area contributed by atoms with Crippen LogP contribution in [0, 0.1) is 0 Å². The fourth-order valence-electron chi connectivity index (χ4n) is 3.88. The summed E-state index contributed by atoms with van der Waals surface area (Å²) in [6.45, 7) is 2.65. The van der Waals surface area contributed by atoms with Crippen molar-refractivity contribution in [3.05, 3.63) is 59.7 Å². The lowest BCUT2D eigenvalue weighted by Crippen LogP contribution is -2.43. The Morgan fingerprint density at radius 2 is 2.00 bits per heavy atom. The van der Waals surface area contributed by atoms with Crippen LogP contribution in [0.3, 0.4) is 0 Å². The summed E-state index contributed by atoms with van der Waals surface area (Å²) < 4.78 is 16.7. The van der Waals surface area contributed by atoms with Crippen molar-refractivity contribution in [3.8, 4) is 5.75 Å². The fourth-order valence-corrected chi connectivity index (χ4v) is 3.88. The second-order valence-electron chi connectivity index (χ2n) is 7.45. The molecule has 1 N–H and O–H groups in total. The van der Waals surface area contributed by atoms with Crippen molar-refractivity contribution >= 4 is 11.6 Å². The van der Waals surface area contributed by atoms with Gasteiger partial charge in [0.25, 0.3) is 5.91 Å². The minimum absolute atomic E-state index is 0.0409. The van der Waals surface area contributed by atoms with Gasteiger partial charge < -0.3 is 24.4 Å². The highest BCUT2D eigenvalue weighted by Gasteiger charge is 2.32. The van der Waals surface area contributed by atoms with Crippen LogP contribution in [0.25, 0.3) is 0 Å². The number of fused-ring (bicyclic) bond motifs is 1. The molecule has 2 aromatic rings. The molecule has 2 aromatic carbocycles. The van der Waals surface area contributed by atoms with Gasteiger partial charge in [-0.05, 0) is 49.1 Å². The van der Waals surface area contributed by atoms with Gasteiger partial charge >= 0.3 is 0 Å². The van der Waals surface area contributed by atoms with E-state index in [1.54, 1.807) is 7.11 Å². The first-order valence-electron chi connectivity index (χ1n) is 10.3. The second-order valence-corrected chi connectivity index (χ2v) is 7.45. The van der Waals surface area contributed by atoms with Crippen molar-refractivity contribution < 1.29 is 19.0 Å². The lowest BCUT2D eigenvalue weighted by Gasteiger charge is -2.38. The van der Waals surface area contributed by atoms with Gasteiger partial charge in [0, 0.05) is 32.6 Å². The minimum Gasteiger partial charge on any atom is -0.491 e. The summed E-state index contributed by atoms with van der Waals surface area (Å²) in [5, 5.41) is 3.52. The summed E-state index contributed by atoms with van der Waals surface area (Å²) in [6, 6.07) is 15.6. The van der Waals surface area contributed by atoms with Gasteiger partial charge in [-0.25, -0.2) is 0 Å². The topological polar surface area (TPSA) is 60.0 Å². The lowest BCUT2D eigenvalue weighted by atomic mass is 10.0. The molecule has 0 saturated carbocycles. The van der Waals surface area contributed by atoms with Crippen LogP contribution in [0.2, 0.25) is 0 Å². The number of carbonyl (C=O) groups excluding carboxylic acids is 1. The van der Waals surface area contributed by atoms with Crippen LogP contribution in [-0.2, 0) is 9.47 Å². The zero-order valence-electron chi connectivity index (χ0n) is 16.8. The molecule has 1 amide bonds. The third-order valence-electron chi connectivity index (χ3n) is 5.43. The van der Waals surface area contributed by atoms with Gasteiger partial charge in [0.1, 0.15) is 18.5 Å². The summed E-state index contributed by atoms with van der Waals surface area (Å²) in [4.78, 5) is 15.0. The molecule has 0 aromatic heterocycles. The first-order chi connectivity index (χ1) is 14.3. The third-order valence-corrected chi connectivity index (χ3v) is 5.43.